The van der Waals surface area contributed by atoms with Gasteiger partial charge in [-0.15, -0.1) is 0 Å². The number of amides is 2. The zero-order valence-corrected chi connectivity index (χ0v) is 15.2. The summed E-state index contributed by atoms with van der Waals surface area (Å²) in [6.07, 6.45) is 3.99. The molecule has 1 aliphatic heterocycles. The Labute approximate surface area is 148 Å². The van der Waals surface area contributed by atoms with Gasteiger partial charge in [-0.05, 0) is 42.5 Å². The summed E-state index contributed by atoms with van der Waals surface area (Å²) in [7, 11) is 5.78. The van der Waals surface area contributed by atoms with E-state index in [1.54, 1.807) is 11.1 Å². The van der Waals surface area contributed by atoms with Gasteiger partial charge in [0.1, 0.15) is 5.82 Å². The molecule has 1 aromatic carbocycles. The molecule has 1 atom stereocenters. The number of rotatable bonds is 4. The van der Waals surface area contributed by atoms with E-state index < -0.39 is 0 Å². The van der Waals surface area contributed by atoms with Gasteiger partial charge < -0.3 is 19.9 Å². The maximum absolute atomic E-state index is 12.5. The van der Waals surface area contributed by atoms with Gasteiger partial charge in [-0.2, -0.15) is 0 Å². The van der Waals surface area contributed by atoms with Crippen LogP contribution < -0.4 is 10.2 Å². The molecule has 1 saturated heterocycles. The van der Waals surface area contributed by atoms with Crippen LogP contribution in [0.3, 0.4) is 0 Å². The number of aromatic nitrogens is 1. The molecule has 1 fully saturated rings. The number of carbonyl (C=O) groups excluding carboxylic acids is 1. The van der Waals surface area contributed by atoms with E-state index in [1.807, 2.05) is 50.3 Å². The fourth-order valence-electron chi connectivity index (χ4n) is 3.24. The molecule has 1 unspecified atom stereocenters. The molecule has 6 heteroatoms. The van der Waals surface area contributed by atoms with Gasteiger partial charge in [0.2, 0.25) is 0 Å². The van der Waals surface area contributed by atoms with Gasteiger partial charge in [0.25, 0.3) is 0 Å². The average Bonchev–Trinajstić information content (AvgIpc) is 2.61. The van der Waals surface area contributed by atoms with Crippen molar-refractivity contribution in [3.63, 3.8) is 0 Å². The Morgan fingerprint density at radius 2 is 2.16 bits per heavy atom. The number of hydrogen-bond donors (Lipinski definition) is 1. The third kappa shape index (κ3) is 4.20. The minimum Gasteiger partial charge on any atom is -0.381 e. The Hall–Kier alpha value is -2.34. The van der Waals surface area contributed by atoms with Crippen LogP contribution in [0.1, 0.15) is 12.8 Å². The van der Waals surface area contributed by atoms with Crippen LogP contribution in [-0.2, 0) is 4.74 Å². The quantitative estimate of drug-likeness (QED) is 0.927. The summed E-state index contributed by atoms with van der Waals surface area (Å²) < 4.78 is 5.49. The van der Waals surface area contributed by atoms with Crippen molar-refractivity contribution < 1.29 is 9.53 Å². The first-order chi connectivity index (χ1) is 12.0. The molecule has 2 amide bonds. The van der Waals surface area contributed by atoms with Crippen molar-refractivity contribution in [3.8, 4) is 0 Å². The lowest BCUT2D eigenvalue weighted by atomic mass is 10.0. The Kier molecular flexibility index (Phi) is 5.38. The van der Waals surface area contributed by atoms with Gasteiger partial charge in [-0.3, -0.25) is 0 Å². The zero-order chi connectivity index (χ0) is 17.8. The second-order valence-corrected chi connectivity index (χ2v) is 6.86. The van der Waals surface area contributed by atoms with Crippen molar-refractivity contribution in [2.24, 2.45) is 5.92 Å². The molecule has 0 spiro atoms. The molecule has 0 saturated carbocycles. The highest BCUT2D eigenvalue weighted by molar-refractivity contribution is 5.97. The maximum atomic E-state index is 12.5. The fraction of sp³-hybridized carbons (Fsp3) is 0.474. The Morgan fingerprint density at radius 3 is 2.88 bits per heavy atom. The summed E-state index contributed by atoms with van der Waals surface area (Å²) in [5.41, 5.74) is 0.792. The van der Waals surface area contributed by atoms with Crippen LogP contribution in [0.2, 0.25) is 0 Å². The SMILES string of the molecule is CN(CC1CCCOC1)C(=O)Nc1ccc2c(N(C)C)nccc2c1. The highest BCUT2D eigenvalue weighted by Crippen LogP contribution is 2.26. The summed E-state index contributed by atoms with van der Waals surface area (Å²) in [5.74, 6) is 1.35. The van der Waals surface area contributed by atoms with E-state index in [9.17, 15) is 4.79 Å². The largest absolute Gasteiger partial charge is 0.381 e. The molecule has 1 aliphatic rings. The Bertz CT molecular complexity index is 741. The van der Waals surface area contributed by atoms with Crippen molar-refractivity contribution >= 4 is 28.3 Å². The van der Waals surface area contributed by atoms with E-state index >= 15 is 0 Å². The highest BCUT2D eigenvalue weighted by atomic mass is 16.5. The average molecular weight is 342 g/mol. The smallest absolute Gasteiger partial charge is 0.321 e. The van der Waals surface area contributed by atoms with Crippen LogP contribution in [0.5, 0.6) is 0 Å². The topological polar surface area (TPSA) is 57.7 Å². The number of nitrogens with one attached hydrogen (secondary N) is 1. The first kappa shape index (κ1) is 17.5. The minimum absolute atomic E-state index is 0.0909. The first-order valence-electron chi connectivity index (χ1n) is 8.70. The molecule has 0 bridgehead atoms. The highest BCUT2D eigenvalue weighted by Gasteiger charge is 2.19. The number of nitrogens with zero attached hydrogens (tertiary/aromatic N) is 3. The number of pyridine rings is 1. The van der Waals surface area contributed by atoms with E-state index in [-0.39, 0.29) is 6.03 Å². The van der Waals surface area contributed by atoms with Gasteiger partial charge in [0, 0.05) is 57.5 Å². The van der Waals surface area contributed by atoms with Gasteiger partial charge in [0.05, 0.1) is 6.61 Å². The lowest BCUT2D eigenvalue weighted by Gasteiger charge is -2.27. The molecule has 1 aromatic heterocycles. The van der Waals surface area contributed by atoms with Gasteiger partial charge in [-0.1, -0.05) is 0 Å². The number of urea groups is 1. The van der Waals surface area contributed by atoms with Gasteiger partial charge in [-0.25, -0.2) is 9.78 Å². The third-order valence-electron chi connectivity index (χ3n) is 4.55. The van der Waals surface area contributed by atoms with Gasteiger partial charge in [0.15, 0.2) is 0 Å². The normalized spacial score (nSPS) is 17.3. The number of ether oxygens (including phenoxy) is 1. The van der Waals surface area contributed by atoms with Crippen molar-refractivity contribution in [1.82, 2.24) is 9.88 Å². The monoisotopic (exact) mass is 342 g/mol. The predicted molar refractivity (Wildman–Crippen MR) is 101 cm³/mol. The van der Waals surface area contributed by atoms with Crippen LogP contribution in [0.4, 0.5) is 16.3 Å². The summed E-state index contributed by atoms with van der Waals surface area (Å²) in [6, 6.07) is 7.78. The van der Waals surface area contributed by atoms with Crippen LogP contribution >= 0.6 is 0 Å². The third-order valence-corrected chi connectivity index (χ3v) is 4.55. The maximum Gasteiger partial charge on any atom is 0.321 e. The molecule has 3 rings (SSSR count). The minimum atomic E-state index is -0.0909. The van der Waals surface area contributed by atoms with Crippen LogP contribution in [-0.4, -0.2) is 56.8 Å². The zero-order valence-electron chi connectivity index (χ0n) is 15.2. The van der Waals surface area contributed by atoms with Crippen LogP contribution in [0, 0.1) is 5.92 Å². The summed E-state index contributed by atoms with van der Waals surface area (Å²) in [5, 5.41) is 5.11. The second kappa shape index (κ2) is 7.70. The van der Waals surface area contributed by atoms with Crippen LogP contribution in [0.25, 0.3) is 10.8 Å². The van der Waals surface area contributed by atoms with E-state index in [0.717, 1.165) is 48.3 Å². The van der Waals surface area contributed by atoms with Crippen molar-refractivity contribution in [2.45, 2.75) is 12.8 Å². The summed E-state index contributed by atoms with van der Waals surface area (Å²) in [6.45, 7) is 2.30. The van der Waals surface area contributed by atoms with E-state index in [1.165, 1.54) is 0 Å². The summed E-state index contributed by atoms with van der Waals surface area (Å²) in [4.78, 5) is 20.6. The predicted octanol–water partition coefficient (Wildman–Crippen LogP) is 3.19. The van der Waals surface area contributed by atoms with E-state index in [4.69, 9.17) is 4.74 Å². The Morgan fingerprint density at radius 1 is 1.32 bits per heavy atom. The molecule has 0 radical (unpaired) electrons. The van der Waals surface area contributed by atoms with Crippen molar-refractivity contribution in [3.05, 3.63) is 30.5 Å². The Balaban J connectivity index is 1.68. The van der Waals surface area contributed by atoms with Crippen LogP contribution in [0.15, 0.2) is 30.5 Å². The number of anilines is 2. The van der Waals surface area contributed by atoms with E-state index in [2.05, 4.69) is 10.3 Å². The van der Waals surface area contributed by atoms with E-state index in [0.29, 0.717) is 12.5 Å². The molecule has 2 aromatic rings. The summed E-state index contributed by atoms with van der Waals surface area (Å²) >= 11 is 0. The number of fused-ring (bicyclic) bond motifs is 1. The lowest BCUT2D eigenvalue weighted by molar-refractivity contribution is 0.0464. The van der Waals surface area contributed by atoms with Crippen molar-refractivity contribution in [1.29, 1.82) is 0 Å². The van der Waals surface area contributed by atoms with Gasteiger partial charge >= 0.3 is 6.03 Å². The molecular weight excluding hydrogens is 316 g/mol. The molecule has 134 valence electrons. The fourth-order valence-corrected chi connectivity index (χ4v) is 3.24. The molecule has 1 N–H and O–H groups in total. The number of benzene rings is 1. The lowest BCUT2D eigenvalue weighted by Crippen LogP contribution is -2.37. The standard InChI is InChI=1S/C19H26N4O2/c1-22(2)18-17-7-6-16(11-15(17)8-9-20-18)21-19(24)23(3)12-14-5-4-10-25-13-14/h6-9,11,14H,4-5,10,12-13H2,1-3H3,(H,21,24). The molecule has 6 nitrogen and oxygen atoms in total. The number of carbonyl (C=O) groups is 1. The molecule has 0 aliphatic carbocycles. The molecular formula is C19H26N4O2. The molecule has 25 heavy (non-hydrogen) atoms. The molecule has 2 heterocycles. The second-order valence-electron chi connectivity index (χ2n) is 6.86. The van der Waals surface area contributed by atoms with Crippen molar-refractivity contribution in [2.75, 3.05) is 51.1 Å². The number of hydrogen-bond acceptors (Lipinski definition) is 4. The first-order valence-corrected chi connectivity index (χ1v) is 8.70.